The van der Waals surface area contributed by atoms with Crippen molar-refractivity contribution in [3.63, 3.8) is 0 Å². The molecule has 0 saturated heterocycles. The zero-order chi connectivity index (χ0) is 13.0. The van der Waals surface area contributed by atoms with Crippen LogP contribution in [0.2, 0.25) is 0 Å². The molecular weight excluding hydrogens is 312 g/mol. The van der Waals surface area contributed by atoms with Gasteiger partial charge in [0.2, 0.25) is 0 Å². The maximum absolute atomic E-state index is 5.79. The van der Waals surface area contributed by atoms with E-state index >= 15 is 0 Å². The van der Waals surface area contributed by atoms with Crippen LogP contribution in [0, 0.1) is 0 Å². The second kappa shape index (κ2) is 6.25. The van der Waals surface area contributed by atoms with Gasteiger partial charge in [-0.25, -0.2) is 0 Å². The summed E-state index contributed by atoms with van der Waals surface area (Å²) >= 11 is 5.12. The Kier molecular flexibility index (Phi) is 4.66. The lowest BCUT2D eigenvalue weighted by Crippen LogP contribution is -1.96. The molecule has 0 aliphatic rings. The lowest BCUT2D eigenvalue weighted by molar-refractivity contribution is 0.287. The largest absolute Gasteiger partial charge is 0.493 e. The third-order valence-corrected chi connectivity index (χ3v) is 4.23. The minimum absolute atomic E-state index is 0.568. The normalized spacial score (nSPS) is 10.4. The Morgan fingerprint density at radius 2 is 2.00 bits per heavy atom. The SMILES string of the molecule is CCc1ccc(OCc2ccc(Br)s2)c(OC)c1. The summed E-state index contributed by atoms with van der Waals surface area (Å²) in [6, 6.07) is 10.2. The van der Waals surface area contributed by atoms with Crippen LogP contribution in [-0.4, -0.2) is 7.11 Å². The molecule has 2 nitrogen and oxygen atoms in total. The van der Waals surface area contributed by atoms with Crippen molar-refractivity contribution in [2.24, 2.45) is 0 Å². The van der Waals surface area contributed by atoms with Crippen molar-refractivity contribution in [1.29, 1.82) is 0 Å². The molecule has 0 N–H and O–H groups in total. The average Bonchev–Trinajstić information content (AvgIpc) is 2.82. The van der Waals surface area contributed by atoms with Crippen LogP contribution in [0.4, 0.5) is 0 Å². The smallest absolute Gasteiger partial charge is 0.161 e. The Hall–Kier alpha value is -1.000. The quantitative estimate of drug-likeness (QED) is 0.795. The lowest BCUT2D eigenvalue weighted by Gasteiger charge is -2.11. The van der Waals surface area contributed by atoms with Crippen LogP contribution in [0.15, 0.2) is 34.1 Å². The molecule has 4 heteroatoms. The standard InChI is InChI=1S/C14H15BrO2S/c1-3-10-4-6-12(13(8-10)16-2)17-9-11-5-7-14(15)18-11/h4-8H,3,9H2,1-2H3. The minimum atomic E-state index is 0.568. The number of ether oxygens (including phenoxy) is 2. The highest BCUT2D eigenvalue weighted by molar-refractivity contribution is 9.11. The Morgan fingerprint density at radius 1 is 1.17 bits per heavy atom. The Labute approximate surface area is 120 Å². The van der Waals surface area contributed by atoms with Gasteiger partial charge in [-0.15, -0.1) is 11.3 Å². The summed E-state index contributed by atoms with van der Waals surface area (Å²) < 4.78 is 12.3. The fraction of sp³-hybridized carbons (Fsp3) is 0.286. The molecule has 2 rings (SSSR count). The molecule has 1 aromatic heterocycles. The summed E-state index contributed by atoms with van der Waals surface area (Å²) in [6.45, 7) is 2.69. The second-order valence-electron chi connectivity index (χ2n) is 3.83. The van der Waals surface area contributed by atoms with Gasteiger partial charge in [-0.05, 0) is 52.2 Å². The lowest BCUT2D eigenvalue weighted by atomic mass is 10.1. The van der Waals surface area contributed by atoms with Crippen molar-refractivity contribution in [3.8, 4) is 11.5 Å². The predicted molar refractivity (Wildman–Crippen MR) is 78.7 cm³/mol. The van der Waals surface area contributed by atoms with Crippen LogP contribution in [0.1, 0.15) is 17.4 Å². The molecule has 0 bridgehead atoms. The zero-order valence-corrected chi connectivity index (χ0v) is 12.8. The maximum atomic E-state index is 5.79. The fourth-order valence-electron chi connectivity index (χ4n) is 1.63. The van der Waals surface area contributed by atoms with Crippen molar-refractivity contribution >= 4 is 27.3 Å². The highest BCUT2D eigenvalue weighted by atomic mass is 79.9. The van der Waals surface area contributed by atoms with E-state index in [1.807, 2.05) is 18.2 Å². The van der Waals surface area contributed by atoms with E-state index in [4.69, 9.17) is 9.47 Å². The number of methoxy groups -OCH3 is 1. The molecule has 0 unspecified atom stereocenters. The van der Waals surface area contributed by atoms with E-state index in [9.17, 15) is 0 Å². The number of thiophene rings is 1. The molecule has 96 valence electrons. The first-order chi connectivity index (χ1) is 8.72. The van der Waals surface area contributed by atoms with E-state index in [-0.39, 0.29) is 0 Å². The third-order valence-electron chi connectivity index (χ3n) is 2.64. The zero-order valence-electron chi connectivity index (χ0n) is 10.4. The minimum Gasteiger partial charge on any atom is -0.493 e. The molecule has 1 heterocycles. The van der Waals surface area contributed by atoms with Gasteiger partial charge < -0.3 is 9.47 Å². The third kappa shape index (κ3) is 3.27. The summed E-state index contributed by atoms with van der Waals surface area (Å²) in [5.41, 5.74) is 1.25. The van der Waals surface area contributed by atoms with Gasteiger partial charge in [-0.1, -0.05) is 13.0 Å². The van der Waals surface area contributed by atoms with E-state index in [0.717, 1.165) is 21.7 Å². The predicted octanol–water partition coefficient (Wildman–Crippen LogP) is 4.66. The summed E-state index contributed by atoms with van der Waals surface area (Å²) in [4.78, 5) is 1.18. The van der Waals surface area contributed by atoms with Gasteiger partial charge in [0.15, 0.2) is 11.5 Å². The topological polar surface area (TPSA) is 18.5 Å². The van der Waals surface area contributed by atoms with Gasteiger partial charge in [-0.3, -0.25) is 0 Å². The molecule has 1 aromatic carbocycles. The van der Waals surface area contributed by atoms with Crippen molar-refractivity contribution in [1.82, 2.24) is 0 Å². The molecular formula is C14H15BrO2S. The van der Waals surface area contributed by atoms with Gasteiger partial charge >= 0.3 is 0 Å². The highest BCUT2D eigenvalue weighted by Gasteiger charge is 2.06. The Morgan fingerprint density at radius 3 is 2.61 bits per heavy atom. The molecule has 0 spiro atoms. The molecule has 0 aliphatic carbocycles. The highest BCUT2D eigenvalue weighted by Crippen LogP contribution is 2.30. The first-order valence-electron chi connectivity index (χ1n) is 5.77. The molecule has 18 heavy (non-hydrogen) atoms. The first kappa shape index (κ1) is 13.4. The van der Waals surface area contributed by atoms with E-state index in [1.165, 1.54) is 10.4 Å². The fourth-order valence-corrected chi connectivity index (χ4v) is 3.03. The molecule has 0 saturated carbocycles. The summed E-state index contributed by atoms with van der Waals surface area (Å²) in [5.74, 6) is 1.59. The first-order valence-corrected chi connectivity index (χ1v) is 7.37. The number of benzene rings is 1. The van der Waals surface area contributed by atoms with E-state index < -0.39 is 0 Å². The van der Waals surface area contributed by atoms with Crippen LogP contribution in [0.3, 0.4) is 0 Å². The molecule has 0 fully saturated rings. The summed E-state index contributed by atoms with van der Waals surface area (Å²) in [7, 11) is 1.67. The number of aryl methyl sites for hydroxylation is 1. The van der Waals surface area contributed by atoms with Crippen LogP contribution in [-0.2, 0) is 13.0 Å². The van der Waals surface area contributed by atoms with Crippen LogP contribution in [0.5, 0.6) is 11.5 Å². The number of hydrogen-bond donors (Lipinski definition) is 0. The van der Waals surface area contributed by atoms with Gasteiger partial charge in [-0.2, -0.15) is 0 Å². The second-order valence-corrected chi connectivity index (χ2v) is 6.38. The summed E-state index contributed by atoms with van der Waals surface area (Å²) in [6.07, 6.45) is 0.995. The molecule has 0 radical (unpaired) electrons. The van der Waals surface area contributed by atoms with E-state index in [1.54, 1.807) is 18.4 Å². The van der Waals surface area contributed by atoms with Crippen LogP contribution in [0.25, 0.3) is 0 Å². The number of rotatable bonds is 5. The average molecular weight is 327 g/mol. The van der Waals surface area contributed by atoms with Gasteiger partial charge in [0.25, 0.3) is 0 Å². The monoisotopic (exact) mass is 326 g/mol. The van der Waals surface area contributed by atoms with Gasteiger partial charge in [0, 0.05) is 4.88 Å². The van der Waals surface area contributed by atoms with Crippen molar-refractivity contribution in [2.75, 3.05) is 7.11 Å². The molecule has 0 atom stereocenters. The number of hydrogen-bond acceptors (Lipinski definition) is 3. The van der Waals surface area contributed by atoms with Gasteiger partial charge in [0.1, 0.15) is 6.61 Å². The molecule has 0 amide bonds. The maximum Gasteiger partial charge on any atom is 0.161 e. The molecule has 0 aliphatic heterocycles. The van der Waals surface area contributed by atoms with Gasteiger partial charge in [0.05, 0.1) is 10.9 Å². The van der Waals surface area contributed by atoms with Crippen molar-refractivity contribution in [3.05, 3.63) is 44.6 Å². The summed E-state index contributed by atoms with van der Waals surface area (Å²) in [5, 5.41) is 0. The van der Waals surface area contributed by atoms with Crippen molar-refractivity contribution < 1.29 is 9.47 Å². The number of halogens is 1. The van der Waals surface area contributed by atoms with E-state index in [0.29, 0.717) is 6.61 Å². The van der Waals surface area contributed by atoms with Crippen LogP contribution >= 0.6 is 27.3 Å². The Balaban J connectivity index is 2.08. The molecule has 2 aromatic rings. The van der Waals surface area contributed by atoms with E-state index in [2.05, 4.69) is 35.0 Å². The Bertz CT molecular complexity index is 522. The van der Waals surface area contributed by atoms with Crippen molar-refractivity contribution in [2.45, 2.75) is 20.0 Å². The van der Waals surface area contributed by atoms with Crippen LogP contribution < -0.4 is 9.47 Å².